The lowest BCUT2D eigenvalue weighted by molar-refractivity contribution is 0.0630. The van der Waals surface area contributed by atoms with E-state index in [0.717, 1.165) is 6.42 Å². The highest BCUT2D eigenvalue weighted by atomic mass is 16.4. The Labute approximate surface area is 140 Å². The first kappa shape index (κ1) is 16.2. The van der Waals surface area contributed by atoms with Gasteiger partial charge in [0.25, 0.3) is 5.91 Å². The van der Waals surface area contributed by atoms with E-state index in [1.165, 1.54) is 23.9 Å². The third kappa shape index (κ3) is 2.77. The van der Waals surface area contributed by atoms with Crippen LogP contribution in [0.3, 0.4) is 0 Å². The van der Waals surface area contributed by atoms with E-state index in [2.05, 4.69) is 31.0 Å². The second-order valence-corrected chi connectivity index (χ2v) is 6.60. The van der Waals surface area contributed by atoms with Gasteiger partial charge in [-0.25, -0.2) is 9.78 Å². The molecule has 0 spiro atoms. The quantitative estimate of drug-likeness (QED) is 0.941. The van der Waals surface area contributed by atoms with Gasteiger partial charge in [-0.05, 0) is 38.0 Å². The van der Waals surface area contributed by atoms with Gasteiger partial charge in [0.15, 0.2) is 0 Å². The van der Waals surface area contributed by atoms with Crippen molar-refractivity contribution >= 4 is 11.9 Å². The summed E-state index contributed by atoms with van der Waals surface area (Å²) in [6, 6.07) is 13.1. The van der Waals surface area contributed by atoms with E-state index in [4.69, 9.17) is 5.11 Å². The standard InChI is InChI=1S/C19H20N2O3/c1-19(2)15(13-6-4-3-5-7-13)10-11-21(19)17(22)14-8-9-16(18(23)24)20-12-14/h3-9,12,15H,10-11H2,1-2H3,(H,23,24). The van der Waals surface area contributed by atoms with Gasteiger partial charge in [-0.1, -0.05) is 30.3 Å². The van der Waals surface area contributed by atoms with E-state index >= 15 is 0 Å². The highest BCUT2D eigenvalue weighted by molar-refractivity contribution is 5.95. The summed E-state index contributed by atoms with van der Waals surface area (Å²) < 4.78 is 0. The number of pyridine rings is 1. The lowest BCUT2D eigenvalue weighted by Gasteiger charge is -2.36. The molecule has 1 N–H and O–H groups in total. The van der Waals surface area contributed by atoms with Crippen LogP contribution in [-0.4, -0.2) is 39.0 Å². The molecular formula is C19H20N2O3. The molecule has 0 bridgehead atoms. The van der Waals surface area contributed by atoms with Gasteiger partial charge < -0.3 is 10.0 Å². The number of carboxylic acid groups (broad SMARTS) is 1. The molecule has 1 aliphatic rings. The van der Waals surface area contributed by atoms with Crippen LogP contribution in [0.5, 0.6) is 0 Å². The highest BCUT2D eigenvalue weighted by Gasteiger charge is 2.44. The van der Waals surface area contributed by atoms with Gasteiger partial charge in [-0.3, -0.25) is 4.79 Å². The van der Waals surface area contributed by atoms with Gasteiger partial charge in [-0.2, -0.15) is 0 Å². The second-order valence-electron chi connectivity index (χ2n) is 6.60. The van der Waals surface area contributed by atoms with E-state index in [0.29, 0.717) is 12.1 Å². The number of carbonyl (C=O) groups excluding carboxylic acids is 1. The maximum Gasteiger partial charge on any atom is 0.354 e. The Balaban J connectivity index is 1.84. The minimum atomic E-state index is -1.10. The van der Waals surface area contributed by atoms with Crippen LogP contribution in [0, 0.1) is 0 Å². The van der Waals surface area contributed by atoms with Crippen LogP contribution in [0.15, 0.2) is 48.7 Å². The van der Waals surface area contributed by atoms with Crippen LogP contribution < -0.4 is 0 Å². The molecule has 1 saturated heterocycles. The van der Waals surface area contributed by atoms with E-state index in [9.17, 15) is 9.59 Å². The summed E-state index contributed by atoms with van der Waals surface area (Å²) in [7, 11) is 0. The third-order valence-electron chi connectivity index (χ3n) is 4.87. The highest BCUT2D eigenvalue weighted by Crippen LogP contribution is 2.42. The van der Waals surface area contributed by atoms with Crippen molar-refractivity contribution in [1.29, 1.82) is 0 Å². The Bertz CT molecular complexity index is 754. The first-order valence-electron chi connectivity index (χ1n) is 7.97. The minimum Gasteiger partial charge on any atom is -0.477 e. The number of aromatic carboxylic acids is 1. The average Bonchev–Trinajstić information content (AvgIpc) is 2.90. The first-order valence-corrected chi connectivity index (χ1v) is 7.97. The minimum absolute atomic E-state index is 0.0607. The molecule has 124 valence electrons. The molecule has 2 aromatic rings. The Morgan fingerprint density at radius 3 is 2.46 bits per heavy atom. The predicted molar refractivity (Wildman–Crippen MR) is 90.1 cm³/mol. The summed E-state index contributed by atoms with van der Waals surface area (Å²) in [5.41, 5.74) is 1.28. The Morgan fingerprint density at radius 2 is 1.88 bits per heavy atom. The van der Waals surface area contributed by atoms with Crippen molar-refractivity contribution in [3.8, 4) is 0 Å². The van der Waals surface area contributed by atoms with Crippen LogP contribution >= 0.6 is 0 Å². The molecule has 24 heavy (non-hydrogen) atoms. The van der Waals surface area contributed by atoms with E-state index in [1.807, 2.05) is 23.1 Å². The van der Waals surface area contributed by atoms with E-state index < -0.39 is 5.97 Å². The smallest absolute Gasteiger partial charge is 0.354 e. The van der Waals surface area contributed by atoms with Crippen LogP contribution in [0.4, 0.5) is 0 Å². The number of hydrogen-bond donors (Lipinski definition) is 1. The van der Waals surface area contributed by atoms with Crippen molar-refractivity contribution in [3.05, 3.63) is 65.5 Å². The summed E-state index contributed by atoms with van der Waals surface area (Å²) in [6.07, 6.45) is 2.25. The van der Waals surface area contributed by atoms with Crippen molar-refractivity contribution in [2.45, 2.75) is 31.7 Å². The average molecular weight is 324 g/mol. The fraction of sp³-hybridized carbons (Fsp3) is 0.316. The lowest BCUT2D eigenvalue weighted by Crippen LogP contribution is -2.45. The number of likely N-dealkylation sites (tertiary alicyclic amines) is 1. The van der Waals surface area contributed by atoms with Gasteiger partial charge in [0, 0.05) is 24.2 Å². The van der Waals surface area contributed by atoms with Gasteiger partial charge in [0.2, 0.25) is 0 Å². The molecule has 1 aromatic carbocycles. The third-order valence-corrected chi connectivity index (χ3v) is 4.87. The normalized spacial score (nSPS) is 19.2. The predicted octanol–water partition coefficient (Wildman–Crippen LogP) is 3.19. The van der Waals surface area contributed by atoms with Crippen LogP contribution in [-0.2, 0) is 0 Å². The zero-order valence-electron chi connectivity index (χ0n) is 13.8. The Hall–Kier alpha value is -2.69. The number of rotatable bonds is 3. The topological polar surface area (TPSA) is 70.5 Å². The molecule has 5 nitrogen and oxygen atoms in total. The number of benzene rings is 1. The second kappa shape index (κ2) is 6.07. The van der Waals surface area contributed by atoms with Crippen molar-refractivity contribution in [2.75, 3.05) is 6.54 Å². The van der Waals surface area contributed by atoms with E-state index in [-0.39, 0.29) is 23.1 Å². The molecular weight excluding hydrogens is 304 g/mol. The number of aromatic nitrogens is 1. The molecule has 0 radical (unpaired) electrons. The molecule has 3 rings (SSSR count). The van der Waals surface area contributed by atoms with E-state index in [1.54, 1.807) is 0 Å². The largest absolute Gasteiger partial charge is 0.477 e. The van der Waals surface area contributed by atoms with Gasteiger partial charge in [0.05, 0.1) is 5.56 Å². The Kier molecular flexibility index (Phi) is 4.09. The van der Waals surface area contributed by atoms with Crippen LogP contribution in [0.2, 0.25) is 0 Å². The molecule has 1 aromatic heterocycles. The molecule has 1 aliphatic heterocycles. The molecule has 1 atom stereocenters. The zero-order valence-corrected chi connectivity index (χ0v) is 13.8. The van der Waals surface area contributed by atoms with Crippen LogP contribution in [0.1, 0.15) is 52.6 Å². The first-order chi connectivity index (χ1) is 11.4. The molecule has 2 heterocycles. The maximum absolute atomic E-state index is 12.9. The van der Waals surface area contributed by atoms with Crippen molar-refractivity contribution in [2.24, 2.45) is 0 Å². The van der Waals surface area contributed by atoms with Crippen LogP contribution in [0.25, 0.3) is 0 Å². The van der Waals surface area contributed by atoms with Gasteiger partial charge in [-0.15, -0.1) is 0 Å². The van der Waals surface area contributed by atoms with Gasteiger partial charge >= 0.3 is 5.97 Å². The van der Waals surface area contributed by atoms with Crippen molar-refractivity contribution in [3.63, 3.8) is 0 Å². The van der Waals surface area contributed by atoms with Gasteiger partial charge in [0.1, 0.15) is 5.69 Å². The Morgan fingerprint density at radius 1 is 1.17 bits per heavy atom. The molecule has 1 amide bonds. The number of carbonyl (C=O) groups is 2. The fourth-order valence-corrected chi connectivity index (χ4v) is 3.51. The number of amides is 1. The number of carboxylic acids is 1. The maximum atomic E-state index is 12.9. The number of nitrogens with zero attached hydrogens (tertiary/aromatic N) is 2. The summed E-state index contributed by atoms with van der Waals surface area (Å²) in [5, 5.41) is 8.91. The lowest BCUT2D eigenvalue weighted by atomic mass is 9.82. The summed E-state index contributed by atoms with van der Waals surface area (Å²) >= 11 is 0. The number of hydrogen-bond acceptors (Lipinski definition) is 3. The monoisotopic (exact) mass is 324 g/mol. The summed E-state index contributed by atoms with van der Waals surface area (Å²) in [5.74, 6) is -0.934. The molecule has 1 fully saturated rings. The van der Waals surface area contributed by atoms with Crippen molar-refractivity contribution in [1.82, 2.24) is 9.88 Å². The summed E-state index contributed by atoms with van der Waals surface area (Å²) in [6.45, 7) is 4.83. The molecule has 0 aliphatic carbocycles. The fourth-order valence-electron chi connectivity index (χ4n) is 3.51. The molecule has 1 unspecified atom stereocenters. The molecule has 0 saturated carbocycles. The van der Waals surface area contributed by atoms with Crippen molar-refractivity contribution < 1.29 is 14.7 Å². The zero-order chi connectivity index (χ0) is 17.3. The molecule has 5 heteroatoms. The SMILES string of the molecule is CC1(C)C(c2ccccc2)CCN1C(=O)c1ccc(C(=O)O)nc1. The summed E-state index contributed by atoms with van der Waals surface area (Å²) in [4.78, 5) is 29.5.